The molecule has 1 heterocycles. The highest BCUT2D eigenvalue weighted by Crippen LogP contribution is 2.16. The summed E-state index contributed by atoms with van der Waals surface area (Å²) >= 11 is 0. The number of nitrogens with zero attached hydrogens (tertiary/aromatic N) is 2. The van der Waals surface area contributed by atoms with Gasteiger partial charge in [-0.1, -0.05) is 6.07 Å². The summed E-state index contributed by atoms with van der Waals surface area (Å²) in [6, 6.07) is 13.2. The van der Waals surface area contributed by atoms with Crippen molar-refractivity contribution in [2.75, 3.05) is 5.32 Å². The minimum atomic E-state index is 0.647. The Balaban J connectivity index is 2.22. The molecule has 0 saturated carbocycles. The van der Waals surface area contributed by atoms with Crippen molar-refractivity contribution in [1.29, 1.82) is 5.26 Å². The second-order valence-electron chi connectivity index (χ2n) is 3.05. The number of hydrogen-bond donors (Lipinski definition) is 1. The molecule has 1 aromatic carbocycles. The van der Waals surface area contributed by atoms with Crippen LogP contribution in [0.1, 0.15) is 5.56 Å². The number of aromatic nitrogens is 1. The van der Waals surface area contributed by atoms with Gasteiger partial charge < -0.3 is 5.32 Å². The molecular weight excluding hydrogens is 186 g/mol. The zero-order valence-electron chi connectivity index (χ0n) is 8.01. The van der Waals surface area contributed by atoms with Crippen molar-refractivity contribution in [1.82, 2.24) is 4.98 Å². The highest BCUT2D eigenvalue weighted by Gasteiger charge is 1.95. The van der Waals surface area contributed by atoms with Crippen LogP contribution in [0.2, 0.25) is 0 Å². The standard InChI is InChI=1S/C12H9N3/c13-9-10-2-1-3-12(8-10)15-11-4-6-14-7-5-11/h1-8H,(H,14,15). The van der Waals surface area contributed by atoms with E-state index in [4.69, 9.17) is 5.26 Å². The van der Waals surface area contributed by atoms with Crippen LogP contribution in [-0.4, -0.2) is 4.98 Å². The molecule has 0 radical (unpaired) electrons. The van der Waals surface area contributed by atoms with Gasteiger partial charge in [-0.3, -0.25) is 4.98 Å². The molecule has 1 aromatic heterocycles. The van der Waals surface area contributed by atoms with Crippen molar-refractivity contribution < 1.29 is 0 Å². The van der Waals surface area contributed by atoms with E-state index < -0.39 is 0 Å². The Kier molecular flexibility index (Phi) is 2.61. The molecule has 0 amide bonds. The lowest BCUT2D eigenvalue weighted by atomic mass is 10.2. The van der Waals surface area contributed by atoms with Crippen LogP contribution in [0.25, 0.3) is 0 Å². The van der Waals surface area contributed by atoms with Gasteiger partial charge in [-0.05, 0) is 30.3 Å². The van der Waals surface area contributed by atoms with Gasteiger partial charge in [0.25, 0.3) is 0 Å². The summed E-state index contributed by atoms with van der Waals surface area (Å²) in [7, 11) is 0. The van der Waals surface area contributed by atoms with Gasteiger partial charge in [-0.15, -0.1) is 0 Å². The Bertz CT molecular complexity index is 486. The zero-order chi connectivity index (χ0) is 10.5. The topological polar surface area (TPSA) is 48.7 Å². The Hall–Kier alpha value is -2.34. The lowest BCUT2D eigenvalue weighted by Crippen LogP contribution is -1.90. The summed E-state index contributed by atoms with van der Waals surface area (Å²) in [6.07, 6.45) is 3.44. The van der Waals surface area contributed by atoms with E-state index in [2.05, 4.69) is 16.4 Å². The molecule has 0 unspecified atom stereocenters. The third kappa shape index (κ3) is 2.32. The van der Waals surface area contributed by atoms with Crippen molar-refractivity contribution in [3.63, 3.8) is 0 Å². The molecule has 0 aliphatic heterocycles. The molecule has 3 nitrogen and oxygen atoms in total. The average Bonchev–Trinajstić information content (AvgIpc) is 2.31. The van der Waals surface area contributed by atoms with Gasteiger partial charge in [0.05, 0.1) is 11.6 Å². The molecule has 2 aromatic rings. The molecule has 0 atom stereocenters. The molecule has 0 fully saturated rings. The fourth-order valence-electron chi connectivity index (χ4n) is 1.27. The van der Waals surface area contributed by atoms with E-state index >= 15 is 0 Å². The van der Waals surface area contributed by atoms with Crippen molar-refractivity contribution >= 4 is 11.4 Å². The van der Waals surface area contributed by atoms with Gasteiger partial charge in [0.15, 0.2) is 0 Å². The Morgan fingerprint density at radius 3 is 2.60 bits per heavy atom. The molecule has 0 saturated heterocycles. The fourth-order valence-corrected chi connectivity index (χ4v) is 1.27. The average molecular weight is 195 g/mol. The Labute approximate surface area is 88.0 Å². The van der Waals surface area contributed by atoms with E-state index in [0.717, 1.165) is 11.4 Å². The summed E-state index contributed by atoms with van der Waals surface area (Å²) in [5.41, 5.74) is 2.51. The highest BCUT2D eigenvalue weighted by atomic mass is 14.9. The van der Waals surface area contributed by atoms with E-state index in [-0.39, 0.29) is 0 Å². The predicted molar refractivity (Wildman–Crippen MR) is 58.7 cm³/mol. The monoisotopic (exact) mass is 195 g/mol. The number of anilines is 2. The van der Waals surface area contributed by atoms with Crippen LogP contribution in [0, 0.1) is 11.3 Å². The van der Waals surface area contributed by atoms with Gasteiger partial charge in [0.2, 0.25) is 0 Å². The van der Waals surface area contributed by atoms with Crippen LogP contribution in [-0.2, 0) is 0 Å². The minimum absolute atomic E-state index is 0.647. The first-order valence-corrected chi connectivity index (χ1v) is 4.56. The van der Waals surface area contributed by atoms with Crippen molar-refractivity contribution in [2.45, 2.75) is 0 Å². The lowest BCUT2D eigenvalue weighted by Gasteiger charge is -2.05. The van der Waals surface area contributed by atoms with Gasteiger partial charge in [0, 0.05) is 23.8 Å². The molecule has 1 N–H and O–H groups in total. The predicted octanol–water partition coefficient (Wildman–Crippen LogP) is 2.70. The fraction of sp³-hybridized carbons (Fsp3) is 0. The summed E-state index contributed by atoms with van der Waals surface area (Å²) in [6.45, 7) is 0. The number of nitriles is 1. The van der Waals surface area contributed by atoms with Crippen molar-refractivity contribution in [3.05, 3.63) is 54.4 Å². The first-order chi connectivity index (χ1) is 7.38. The summed E-state index contributed by atoms with van der Waals surface area (Å²) in [5, 5.41) is 11.9. The SMILES string of the molecule is N#Cc1cccc(Nc2ccncc2)c1. The van der Waals surface area contributed by atoms with Gasteiger partial charge in [-0.25, -0.2) is 0 Å². The maximum absolute atomic E-state index is 8.74. The van der Waals surface area contributed by atoms with Crippen LogP contribution in [0.3, 0.4) is 0 Å². The molecule has 72 valence electrons. The van der Waals surface area contributed by atoms with E-state index in [0.29, 0.717) is 5.56 Å². The van der Waals surface area contributed by atoms with Gasteiger partial charge >= 0.3 is 0 Å². The van der Waals surface area contributed by atoms with Crippen LogP contribution < -0.4 is 5.32 Å². The maximum Gasteiger partial charge on any atom is 0.0992 e. The third-order valence-corrected chi connectivity index (χ3v) is 1.96. The van der Waals surface area contributed by atoms with E-state index in [9.17, 15) is 0 Å². The van der Waals surface area contributed by atoms with Crippen LogP contribution >= 0.6 is 0 Å². The molecule has 0 aliphatic carbocycles. The third-order valence-electron chi connectivity index (χ3n) is 1.96. The molecule has 0 bridgehead atoms. The number of benzene rings is 1. The van der Waals surface area contributed by atoms with E-state index in [1.54, 1.807) is 24.5 Å². The molecule has 2 rings (SSSR count). The minimum Gasteiger partial charge on any atom is -0.355 e. The van der Waals surface area contributed by atoms with Crippen molar-refractivity contribution in [2.24, 2.45) is 0 Å². The number of nitrogens with one attached hydrogen (secondary N) is 1. The molecule has 3 heteroatoms. The second kappa shape index (κ2) is 4.25. The largest absolute Gasteiger partial charge is 0.355 e. The van der Waals surface area contributed by atoms with Crippen LogP contribution in [0.5, 0.6) is 0 Å². The first kappa shape index (κ1) is 9.22. The van der Waals surface area contributed by atoms with E-state index in [1.807, 2.05) is 24.3 Å². The highest BCUT2D eigenvalue weighted by molar-refractivity contribution is 5.60. The Morgan fingerprint density at radius 1 is 1.07 bits per heavy atom. The zero-order valence-corrected chi connectivity index (χ0v) is 8.01. The second-order valence-corrected chi connectivity index (χ2v) is 3.05. The first-order valence-electron chi connectivity index (χ1n) is 4.56. The quantitative estimate of drug-likeness (QED) is 0.801. The molecule has 0 spiro atoms. The van der Waals surface area contributed by atoms with Gasteiger partial charge in [-0.2, -0.15) is 5.26 Å². The number of hydrogen-bond acceptors (Lipinski definition) is 3. The number of pyridine rings is 1. The molecular formula is C12H9N3. The van der Waals surface area contributed by atoms with Crippen molar-refractivity contribution in [3.8, 4) is 6.07 Å². The van der Waals surface area contributed by atoms with Crippen LogP contribution in [0.4, 0.5) is 11.4 Å². The van der Waals surface area contributed by atoms with E-state index in [1.165, 1.54) is 0 Å². The summed E-state index contributed by atoms with van der Waals surface area (Å²) in [5.74, 6) is 0. The smallest absolute Gasteiger partial charge is 0.0992 e. The van der Waals surface area contributed by atoms with Crippen LogP contribution in [0.15, 0.2) is 48.8 Å². The molecule has 15 heavy (non-hydrogen) atoms. The summed E-state index contributed by atoms with van der Waals surface area (Å²) < 4.78 is 0. The summed E-state index contributed by atoms with van der Waals surface area (Å²) in [4.78, 5) is 3.93. The van der Waals surface area contributed by atoms with Gasteiger partial charge in [0.1, 0.15) is 0 Å². The lowest BCUT2D eigenvalue weighted by molar-refractivity contribution is 1.32. The molecule has 0 aliphatic rings. The maximum atomic E-state index is 8.74. The Morgan fingerprint density at radius 2 is 1.87 bits per heavy atom. The number of rotatable bonds is 2. The normalized spacial score (nSPS) is 9.27.